The Bertz CT molecular complexity index is 1280. The lowest BCUT2D eigenvalue weighted by Gasteiger charge is -2.37. The van der Waals surface area contributed by atoms with E-state index in [0.717, 1.165) is 29.0 Å². The van der Waals surface area contributed by atoms with E-state index < -0.39 is 23.2 Å². The fourth-order valence-corrected chi connectivity index (χ4v) is 4.33. The molecule has 0 spiro atoms. The number of halogens is 3. The number of benzene rings is 2. The Kier molecular flexibility index (Phi) is 9.61. The summed E-state index contributed by atoms with van der Waals surface area (Å²) in [5.74, 6) is -0.981. The Labute approximate surface area is 228 Å². The molecule has 0 N–H and O–H groups in total. The van der Waals surface area contributed by atoms with E-state index >= 15 is 0 Å². The summed E-state index contributed by atoms with van der Waals surface area (Å²) in [6.07, 6.45) is -2.62. The van der Waals surface area contributed by atoms with Crippen molar-refractivity contribution in [2.75, 3.05) is 26.8 Å². The number of carbonyl (C=O) groups excluding carboxylic acids is 2. The SMILES string of the molecule is COCCN(CC(=O)N(Cc1cccn1Cc1cccc(C)c1)C(C)(C)C)C(=O)c1cccc(C(F)(F)F)c1. The molecule has 1 heterocycles. The summed E-state index contributed by atoms with van der Waals surface area (Å²) >= 11 is 0. The van der Waals surface area contributed by atoms with Crippen LogP contribution in [0.15, 0.2) is 66.9 Å². The number of alkyl halides is 3. The van der Waals surface area contributed by atoms with Crippen molar-refractivity contribution < 1.29 is 27.5 Å². The second-order valence-corrected chi connectivity index (χ2v) is 10.6. The van der Waals surface area contributed by atoms with Gasteiger partial charge in [-0.15, -0.1) is 0 Å². The van der Waals surface area contributed by atoms with Crippen molar-refractivity contribution in [3.05, 3.63) is 94.8 Å². The Balaban J connectivity index is 1.83. The highest BCUT2D eigenvalue weighted by Gasteiger charge is 2.33. The molecule has 9 heteroatoms. The van der Waals surface area contributed by atoms with Crippen LogP contribution in [0.4, 0.5) is 13.2 Å². The average molecular weight is 544 g/mol. The van der Waals surface area contributed by atoms with E-state index in [0.29, 0.717) is 13.1 Å². The summed E-state index contributed by atoms with van der Waals surface area (Å²) in [6, 6.07) is 16.3. The predicted molar refractivity (Wildman–Crippen MR) is 144 cm³/mol. The van der Waals surface area contributed by atoms with Gasteiger partial charge >= 0.3 is 6.18 Å². The van der Waals surface area contributed by atoms with Crippen LogP contribution in [0.3, 0.4) is 0 Å². The largest absolute Gasteiger partial charge is 0.416 e. The quantitative estimate of drug-likeness (QED) is 0.326. The van der Waals surface area contributed by atoms with Crippen LogP contribution in [0.1, 0.15) is 53.5 Å². The first kappa shape index (κ1) is 30.0. The molecule has 2 amide bonds. The number of hydrogen-bond acceptors (Lipinski definition) is 3. The lowest BCUT2D eigenvalue weighted by atomic mass is 10.0. The summed E-state index contributed by atoms with van der Waals surface area (Å²) in [5, 5.41) is 0. The van der Waals surface area contributed by atoms with Crippen molar-refractivity contribution >= 4 is 11.8 Å². The van der Waals surface area contributed by atoms with Crippen molar-refractivity contribution in [1.82, 2.24) is 14.4 Å². The summed E-state index contributed by atoms with van der Waals surface area (Å²) in [5.41, 5.74) is 1.59. The third-order valence-electron chi connectivity index (χ3n) is 6.41. The van der Waals surface area contributed by atoms with E-state index in [9.17, 15) is 22.8 Å². The smallest absolute Gasteiger partial charge is 0.383 e. The zero-order valence-corrected chi connectivity index (χ0v) is 23.1. The molecular formula is C30H36F3N3O3. The molecule has 2 aromatic carbocycles. The van der Waals surface area contributed by atoms with Crippen LogP contribution in [0.2, 0.25) is 0 Å². The number of nitrogens with zero attached hydrogens (tertiary/aromatic N) is 3. The van der Waals surface area contributed by atoms with Crippen LogP contribution in [0.25, 0.3) is 0 Å². The maximum Gasteiger partial charge on any atom is 0.416 e. The normalized spacial score (nSPS) is 11.9. The Morgan fingerprint density at radius 1 is 0.974 bits per heavy atom. The van der Waals surface area contributed by atoms with Gasteiger partial charge in [0.15, 0.2) is 0 Å². The fourth-order valence-electron chi connectivity index (χ4n) is 4.33. The number of rotatable bonds is 10. The topological polar surface area (TPSA) is 54.8 Å². The van der Waals surface area contributed by atoms with Crippen molar-refractivity contribution in [2.24, 2.45) is 0 Å². The first-order valence-electron chi connectivity index (χ1n) is 12.7. The second kappa shape index (κ2) is 12.5. The fraction of sp³-hybridized carbons (Fsp3) is 0.400. The molecule has 0 fully saturated rings. The van der Waals surface area contributed by atoms with E-state index in [-0.39, 0.29) is 31.2 Å². The van der Waals surface area contributed by atoms with Gasteiger partial charge in [0, 0.05) is 43.2 Å². The number of hydrogen-bond donors (Lipinski definition) is 0. The van der Waals surface area contributed by atoms with Crippen LogP contribution in [0.5, 0.6) is 0 Å². The highest BCUT2D eigenvalue weighted by atomic mass is 19.4. The summed E-state index contributed by atoms with van der Waals surface area (Å²) in [7, 11) is 1.46. The van der Waals surface area contributed by atoms with Gasteiger partial charge in [-0.1, -0.05) is 35.9 Å². The molecule has 0 atom stereocenters. The van der Waals surface area contributed by atoms with Crippen molar-refractivity contribution in [2.45, 2.75) is 52.5 Å². The molecule has 210 valence electrons. The van der Waals surface area contributed by atoms with Crippen molar-refractivity contribution in [1.29, 1.82) is 0 Å². The Morgan fingerprint density at radius 3 is 2.33 bits per heavy atom. The van der Waals surface area contributed by atoms with Crippen molar-refractivity contribution in [3.63, 3.8) is 0 Å². The van der Waals surface area contributed by atoms with Gasteiger partial charge in [0.25, 0.3) is 5.91 Å². The predicted octanol–water partition coefficient (Wildman–Crippen LogP) is 5.78. The molecule has 0 radical (unpaired) electrons. The molecule has 39 heavy (non-hydrogen) atoms. The zero-order chi connectivity index (χ0) is 28.8. The summed E-state index contributed by atoms with van der Waals surface area (Å²) < 4.78 is 46.9. The monoisotopic (exact) mass is 543 g/mol. The average Bonchev–Trinajstić information content (AvgIpc) is 3.29. The van der Waals surface area contributed by atoms with Gasteiger partial charge in [0.1, 0.15) is 6.54 Å². The Hall–Kier alpha value is -3.59. The molecule has 0 aliphatic heterocycles. The van der Waals surface area contributed by atoms with Gasteiger partial charge in [0.2, 0.25) is 5.91 Å². The molecule has 1 aromatic heterocycles. The van der Waals surface area contributed by atoms with Gasteiger partial charge in [-0.25, -0.2) is 0 Å². The van der Waals surface area contributed by atoms with Gasteiger partial charge in [-0.05, 0) is 63.6 Å². The second-order valence-electron chi connectivity index (χ2n) is 10.6. The van der Waals surface area contributed by atoms with E-state index in [4.69, 9.17) is 4.74 Å². The minimum atomic E-state index is -4.58. The van der Waals surface area contributed by atoms with Crippen molar-refractivity contribution in [3.8, 4) is 0 Å². The molecule has 0 saturated heterocycles. The number of carbonyl (C=O) groups is 2. The lowest BCUT2D eigenvalue weighted by Crippen LogP contribution is -2.50. The highest BCUT2D eigenvalue weighted by Crippen LogP contribution is 2.30. The molecular weight excluding hydrogens is 507 g/mol. The van der Waals surface area contributed by atoms with E-state index in [1.807, 2.05) is 58.2 Å². The van der Waals surface area contributed by atoms with Gasteiger partial charge in [-0.3, -0.25) is 9.59 Å². The maximum atomic E-state index is 13.7. The van der Waals surface area contributed by atoms with Crippen LogP contribution in [-0.4, -0.2) is 58.5 Å². The Morgan fingerprint density at radius 2 is 1.69 bits per heavy atom. The zero-order valence-electron chi connectivity index (χ0n) is 23.1. The molecule has 0 saturated carbocycles. The van der Waals surface area contributed by atoms with Gasteiger partial charge < -0.3 is 19.1 Å². The number of amides is 2. The first-order chi connectivity index (χ1) is 18.3. The minimum Gasteiger partial charge on any atom is -0.383 e. The summed E-state index contributed by atoms with van der Waals surface area (Å²) in [6.45, 7) is 8.60. The van der Waals surface area contributed by atoms with Gasteiger partial charge in [0.05, 0.1) is 18.7 Å². The van der Waals surface area contributed by atoms with E-state index in [2.05, 4.69) is 16.7 Å². The number of aromatic nitrogens is 1. The molecule has 0 bridgehead atoms. The van der Waals surface area contributed by atoms with Crippen LogP contribution < -0.4 is 0 Å². The molecule has 0 aliphatic rings. The standard InChI is InChI=1S/C30H36F3N3O3/c1-22-9-6-10-23(17-22)19-34-14-8-13-26(34)20-36(29(2,3)4)27(37)21-35(15-16-39-5)28(38)24-11-7-12-25(18-24)30(31,32)33/h6-14,17-18H,15-16,19-21H2,1-5H3. The number of methoxy groups -OCH3 is 1. The van der Waals surface area contributed by atoms with E-state index in [1.165, 1.54) is 24.1 Å². The third-order valence-corrected chi connectivity index (χ3v) is 6.41. The van der Waals surface area contributed by atoms with Crippen LogP contribution in [0, 0.1) is 6.92 Å². The molecule has 0 aliphatic carbocycles. The molecule has 3 rings (SSSR count). The molecule has 0 unspecified atom stereocenters. The highest BCUT2D eigenvalue weighted by molar-refractivity contribution is 5.96. The third kappa shape index (κ3) is 8.20. The molecule has 3 aromatic rings. The number of aryl methyl sites for hydroxylation is 1. The maximum absolute atomic E-state index is 13.7. The minimum absolute atomic E-state index is 0.0546. The number of ether oxygens (including phenoxy) is 1. The molecule has 6 nitrogen and oxygen atoms in total. The van der Waals surface area contributed by atoms with E-state index in [1.54, 1.807) is 4.90 Å². The lowest BCUT2D eigenvalue weighted by molar-refractivity contribution is -0.138. The summed E-state index contributed by atoms with van der Waals surface area (Å²) in [4.78, 5) is 29.9. The van der Waals surface area contributed by atoms with Crippen LogP contribution >= 0.6 is 0 Å². The first-order valence-corrected chi connectivity index (χ1v) is 12.7. The van der Waals surface area contributed by atoms with Crippen LogP contribution in [-0.2, 0) is 28.8 Å². The van der Waals surface area contributed by atoms with Gasteiger partial charge in [-0.2, -0.15) is 13.2 Å².